The summed E-state index contributed by atoms with van der Waals surface area (Å²) in [5, 5.41) is 5.48. The number of hydrogen-bond acceptors (Lipinski definition) is 5. The summed E-state index contributed by atoms with van der Waals surface area (Å²) in [4.78, 5) is 29.7. The third-order valence-corrected chi connectivity index (χ3v) is 3.89. The Morgan fingerprint density at radius 2 is 2.04 bits per heavy atom. The van der Waals surface area contributed by atoms with Crippen LogP contribution < -0.4 is 10.6 Å². The summed E-state index contributed by atoms with van der Waals surface area (Å²) < 4.78 is 5.27. The predicted molar refractivity (Wildman–Crippen MR) is 90.5 cm³/mol. The van der Waals surface area contributed by atoms with E-state index in [-0.39, 0.29) is 18.4 Å². The maximum Gasteiger partial charge on any atom is 0.239 e. The van der Waals surface area contributed by atoms with E-state index in [0.29, 0.717) is 13.0 Å². The van der Waals surface area contributed by atoms with Crippen LogP contribution in [0.2, 0.25) is 0 Å². The molecule has 0 saturated carbocycles. The van der Waals surface area contributed by atoms with Gasteiger partial charge in [-0.05, 0) is 24.5 Å². The highest BCUT2D eigenvalue weighted by Gasteiger charge is 2.10. The lowest BCUT2D eigenvalue weighted by molar-refractivity contribution is -0.126. The van der Waals surface area contributed by atoms with Gasteiger partial charge in [0.05, 0.1) is 19.8 Å². The fourth-order valence-corrected chi connectivity index (χ4v) is 2.51. The van der Waals surface area contributed by atoms with Crippen LogP contribution in [0.3, 0.4) is 0 Å². The minimum absolute atomic E-state index is 0.0365. The Morgan fingerprint density at radius 3 is 2.79 bits per heavy atom. The molecule has 1 fully saturated rings. The van der Waals surface area contributed by atoms with E-state index in [1.165, 1.54) is 0 Å². The fourth-order valence-electron chi connectivity index (χ4n) is 2.51. The molecule has 0 aliphatic carbocycles. The van der Waals surface area contributed by atoms with E-state index < -0.39 is 0 Å². The van der Waals surface area contributed by atoms with E-state index >= 15 is 0 Å². The molecule has 2 N–H and O–H groups in total. The lowest BCUT2D eigenvalue weighted by Gasteiger charge is -2.26. The topological polar surface area (TPSA) is 83.6 Å². The highest BCUT2D eigenvalue weighted by atomic mass is 16.5. The molecule has 1 aromatic heterocycles. The van der Waals surface area contributed by atoms with Crippen molar-refractivity contribution in [3.63, 3.8) is 0 Å². The van der Waals surface area contributed by atoms with Crippen LogP contribution >= 0.6 is 0 Å². The summed E-state index contributed by atoms with van der Waals surface area (Å²) in [5.41, 5.74) is 1.12. The van der Waals surface area contributed by atoms with Gasteiger partial charge in [0.2, 0.25) is 11.8 Å². The molecule has 1 aliphatic rings. The van der Waals surface area contributed by atoms with Crippen molar-refractivity contribution in [3.05, 3.63) is 30.1 Å². The zero-order chi connectivity index (χ0) is 17.0. The third kappa shape index (κ3) is 7.52. The highest BCUT2D eigenvalue weighted by Crippen LogP contribution is 2.02. The van der Waals surface area contributed by atoms with Crippen LogP contribution in [0.15, 0.2) is 24.5 Å². The Hall–Kier alpha value is -1.99. The molecule has 0 bridgehead atoms. The number of nitrogens with zero attached hydrogens (tertiary/aromatic N) is 2. The number of carbonyl (C=O) groups excluding carboxylic acids is 2. The van der Waals surface area contributed by atoms with Crippen LogP contribution in [0.5, 0.6) is 0 Å². The van der Waals surface area contributed by atoms with Crippen molar-refractivity contribution in [2.24, 2.45) is 0 Å². The van der Waals surface area contributed by atoms with Crippen LogP contribution in [0.25, 0.3) is 0 Å². The minimum atomic E-state index is -0.149. The summed E-state index contributed by atoms with van der Waals surface area (Å²) in [6.07, 6.45) is 5.51. The molecule has 2 rings (SSSR count). The van der Waals surface area contributed by atoms with Gasteiger partial charge in [-0.15, -0.1) is 0 Å². The number of amides is 2. The van der Waals surface area contributed by atoms with Crippen molar-refractivity contribution in [1.29, 1.82) is 0 Å². The average Bonchev–Trinajstić information content (AvgIpc) is 2.62. The number of aryl methyl sites for hydroxylation is 1. The zero-order valence-corrected chi connectivity index (χ0v) is 14.0. The molecule has 1 aliphatic heterocycles. The first-order valence-corrected chi connectivity index (χ1v) is 8.46. The van der Waals surface area contributed by atoms with Gasteiger partial charge in [-0.2, -0.15) is 0 Å². The number of pyridine rings is 1. The Bertz CT molecular complexity index is 504. The lowest BCUT2D eigenvalue weighted by atomic mass is 10.1. The van der Waals surface area contributed by atoms with Gasteiger partial charge in [0.25, 0.3) is 0 Å². The van der Waals surface area contributed by atoms with Gasteiger partial charge in [-0.1, -0.05) is 6.07 Å². The van der Waals surface area contributed by atoms with Crippen LogP contribution in [0, 0.1) is 0 Å². The van der Waals surface area contributed by atoms with Gasteiger partial charge >= 0.3 is 0 Å². The van der Waals surface area contributed by atoms with Gasteiger partial charge < -0.3 is 15.4 Å². The Labute approximate surface area is 142 Å². The summed E-state index contributed by atoms with van der Waals surface area (Å²) in [6.45, 7) is 4.76. The molecule has 24 heavy (non-hydrogen) atoms. The molecule has 1 aromatic rings. The quantitative estimate of drug-likeness (QED) is 0.663. The third-order valence-electron chi connectivity index (χ3n) is 3.89. The summed E-state index contributed by atoms with van der Waals surface area (Å²) >= 11 is 0. The second kappa shape index (κ2) is 10.7. The largest absolute Gasteiger partial charge is 0.379 e. The summed E-state index contributed by atoms with van der Waals surface area (Å²) in [6, 6.07) is 3.88. The van der Waals surface area contributed by atoms with Crippen molar-refractivity contribution >= 4 is 11.8 Å². The van der Waals surface area contributed by atoms with Gasteiger partial charge in [0, 0.05) is 45.0 Å². The van der Waals surface area contributed by atoms with Crippen LogP contribution in [-0.2, 0) is 20.7 Å². The van der Waals surface area contributed by atoms with Crippen molar-refractivity contribution in [1.82, 2.24) is 20.5 Å². The molecule has 0 atom stereocenters. The summed E-state index contributed by atoms with van der Waals surface area (Å²) in [7, 11) is 0. The van der Waals surface area contributed by atoms with E-state index in [9.17, 15) is 9.59 Å². The van der Waals surface area contributed by atoms with E-state index in [2.05, 4.69) is 20.5 Å². The predicted octanol–water partition coefficient (Wildman–Crippen LogP) is -0.0311. The van der Waals surface area contributed by atoms with E-state index in [4.69, 9.17) is 4.74 Å². The highest BCUT2D eigenvalue weighted by molar-refractivity contribution is 5.84. The molecule has 2 heterocycles. The normalized spacial score (nSPS) is 15.0. The van der Waals surface area contributed by atoms with Crippen LogP contribution in [0.1, 0.15) is 18.4 Å². The first-order chi connectivity index (χ1) is 11.7. The second-order valence-corrected chi connectivity index (χ2v) is 5.80. The van der Waals surface area contributed by atoms with Crippen molar-refractivity contribution in [2.75, 3.05) is 45.9 Å². The molecule has 132 valence electrons. The smallest absolute Gasteiger partial charge is 0.239 e. The number of carbonyl (C=O) groups is 2. The van der Waals surface area contributed by atoms with Crippen molar-refractivity contribution in [2.45, 2.75) is 19.3 Å². The Kier molecular flexibility index (Phi) is 8.20. The van der Waals surface area contributed by atoms with Gasteiger partial charge in [0.1, 0.15) is 0 Å². The lowest BCUT2D eigenvalue weighted by Crippen LogP contribution is -2.43. The molecule has 2 amide bonds. The summed E-state index contributed by atoms with van der Waals surface area (Å²) in [5.74, 6) is -0.244. The van der Waals surface area contributed by atoms with Crippen LogP contribution in [0.4, 0.5) is 0 Å². The molecule has 0 aromatic carbocycles. The molecular weight excluding hydrogens is 308 g/mol. The van der Waals surface area contributed by atoms with E-state index in [0.717, 1.165) is 51.3 Å². The maximum absolute atomic E-state index is 11.7. The van der Waals surface area contributed by atoms with Gasteiger partial charge in [-0.3, -0.25) is 19.5 Å². The molecule has 7 heteroatoms. The van der Waals surface area contributed by atoms with Crippen molar-refractivity contribution < 1.29 is 14.3 Å². The minimum Gasteiger partial charge on any atom is -0.379 e. The number of ether oxygens (including phenoxy) is 1. The van der Waals surface area contributed by atoms with Crippen molar-refractivity contribution in [3.8, 4) is 0 Å². The molecule has 1 saturated heterocycles. The fraction of sp³-hybridized carbons (Fsp3) is 0.588. The standard InChI is InChI=1S/C17H26N4O3/c22-16(5-1-3-15-4-2-6-18-13-15)20-14-17(23)19-7-8-21-9-11-24-12-10-21/h2,4,6,13H,1,3,5,7-12,14H2,(H,19,23)(H,20,22). The SMILES string of the molecule is O=C(CCCc1cccnc1)NCC(=O)NCCN1CCOCC1. The molecular formula is C17H26N4O3. The van der Waals surface area contributed by atoms with E-state index in [1.54, 1.807) is 12.4 Å². The Balaban J connectivity index is 1.48. The number of nitrogens with one attached hydrogen (secondary N) is 2. The maximum atomic E-state index is 11.7. The molecule has 0 unspecified atom stereocenters. The Morgan fingerprint density at radius 1 is 1.21 bits per heavy atom. The monoisotopic (exact) mass is 334 g/mol. The number of rotatable bonds is 9. The van der Waals surface area contributed by atoms with Gasteiger partial charge in [0.15, 0.2) is 0 Å². The number of hydrogen-bond donors (Lipinski definition) is 2. The molecule has 7 nitrogen and oxygen atoms in total. The van der Waals surface area contributed by atoms with Gasteiger partial charge in [-0.25, -0.2) is 0 Å². The van der Waals surface area contributed by atoms with E-state index in [1.807, 2.05) is 12.1 Å². The number of aromatic nitrogens is 1. The average molecular weight is 334 g/mol. The molecule has 0 spiro atoms. The molecule has 0 radical (unpaired) electrons. The first-order valence-electron chi connectivity index (χ1n) is 8.46. The second-order valence-electron chi connectivity index (χ2n) is 5.80. The zero-order valence-electron chi connectivity index (χ0n) is 14.0. The number of morpholine rings is 1. The van der Waals surface area contributed by atoms with Crippen LogP contribution in [-0.4, -0.2) is 67.6 Å². The first kappa shape index (κ1) is 18.4.